The standard InChI is InChI=1S/C23H30N4O4/c1-2-3-13-24-22(29)18-8-7-14-26(17-18)23(30)20-11-12-21(28)27(25-20)15-16-31-19-9-5-4-6-10-19/h4-6,9-12,18H,2-3,7-8,13-17H2,1H3,(H,24,29). The van der Waals surface area contributed by atoms with Gasteiger partial charge in [-0.2, -0.15) is 5.10 Å². The summed E-state index contributed by atoms with van der Waals surface area (Å²) in [5.41, 5.74) is -0.0913. The van der Waals surface area contributed by atoms with Crippen LogP contribution in [-0.4, -0.2) is 52.7 Å². The molecule has 2 aromatic rings. The second-order valence-corrected chi connectivity index (χ2v) is 7.68. The summed E-state index contributed by atoms with van der Waals surface area (Å²) in [5.74, 6) is 0.241. The molecular weight excluding hydrogens is 396 g/mol. The van der Waals surface area contributed by atoms with Crippen molar-refractivity contribution in [2.24, 2.45) is 5.92 Å². The van der Waals surface area contributed by atoms with Crippen molar-refractivity contribution in [3.05, 3.63) is 58.5 Å². The Morgan fingerprint density at radius 1 is 1.19 bits per heavy atom. The fourth-order valence-electron chi connectivity index (χ4n) is 3.56. The number of likely N-dealkylation sites (tertiary alicyclic amines) is 1. The Kier molecular flexibility index (Phi) is 8.20. The lowest BCUT2D eigenvalue weighted by Crippen LogP contribution is -2.46. The molecule has 1 aliphatic heterocycles. The van der Waals surface area contributed by atoms with Gasteiger partial charge in [0.1, 0.15) is 18.1 Å². The molecular formula is C23H30N4O4. The first kappa shape index (κ1) is 22.5. The second-order valence-electron chi connectivity index (χ2n) is 7.68. The van der Waals surface area contributed by atoms with Crippen LogP contribution in [0.3, 0.4) is 0 Å². The van der Waals surface area contributed by atoms with Gasteiger partial charge in [-0.05, 0) is 37.5 Å². The van der Waals surface area contributed by atoms with E-state index >= 15 is 0 Å². The van der Waals surface area contributed by atoms with Crippen molar-refractivity contribution < 1.29 is 14.3 Å². The molecule has 31 heavy (non-hydrogen) atoms. The molecule has 1 aromatic carbocycles. The van der Waals surface area contributed by atoms with Crippen LogP contribution < -0.4 is 15.6 Å². The minimum absolute atomic E-state index is 0.00180. The molecule has 1 aliphatic rings. The van der Waals surface area contributed by atoms with E-state index in [1.165, 1.54) is 16.8 Å². The lowest BCUT2D eigenvalue weighted by Gasteiger charge is -2.31. The van der Waals surface area contributed by atoms with E-state index < -0.39 is 0 Å². The van der Waals surface area contributed by atoms with Crippen LogP contribution in [0.2, 0.25) is 0 Å². The van der Waals surface area contributed by atoms with Crippen molar-refractivity contribution in [1.29, 1.82) is 0 Å². The molecule has 166 valence electrons. The Morgan fingerprint density at radius 2 is 2.00 bits per heavy atom. The number of amides is 2. The van der Waals surface area contributed by atoms with Gasteiger partial charge < -0.3 is 15.0 Å². The third kappa shape index (κ3) is 6.41. The predicted octanol–water partition coefficient (Wildman–Crippen LogP) is 2.09. The molecule has 2 amide bonds. The minimum atomic E-state index is -0.292. The molecule has 1 saturated heterocycles. The highest BCUT2D eigenvalue weighted by Gasteiger charge is 2.29. The van der Waals surface area contributed by atoms with Crippen LogP contribution in [0.15, 0.2) is 47.3 Å². The summed E-state index contributed by atoms with van der Waals surface area (Å²) in [6, 6.07) is 12.1. The Hall–Kier alpha value is -3.16. The number of benzene rings is 1. The average Bonchev–Trinajstić information content (AvgIpc) is 2.80. The van der Waals surface area contributed by atoms with Crippen molar-refractivity contribution in [3.8, 4) is 5.75 Å². The summed E-state index contributed by atoms with van der Waals surface area (Å²) < 4.78 is 6.87. The van der Waals surface area contributed by atoms with Crippen LogP contribution in [0.25, 0.3) is 0 Å². The van der Waals surface area contributed by atoms with E-state index in [9.17, 15) is 14.4 Å². The number of nitrogens with zero attached hydrogens (tertiary/aromatic N) is 3. The lowest BCUT2D eigenvalue weighted by molar-refractivity contribution is -0.126. The van der Waals surface area contributed by atoms with Gasteiger partial charge in [-0.25, -0.2) is 4.68 Å². The molecule has 0 radical (unpaired) electrons. The highest BCUT2D eigenvalue weighted by molar-refractivity contribution is 5.92. The Balaban J connectivity index is 1.59. The van der Waals surface area contributed by atoms with Gasteiger partial charge in [0.15, 0.2) is 0 Å². The third-order valence-corrected chi connectivity index (χ3v) is 5.31. The molecule has 0 spiro atoms. The summed E-state index contributed by atoms with van der Waals surface area (Å²) in [7, 11) is 0. The number of hydrogen-bond acceptors (Lipinski definition) is 5. The summed E-state index contributed by atoms with van der Waals surface area (Å²) in [6.07, 6.45) is 3.50. The van der Waals surface area contributed by atoms with Crippen molar-refractivity contribution in [1.82, 2.24) is 20.0 Å². The quantitative estimate of drug-likeness (QED) is 0.620. The molecule has 0 aliphatic carbocycles. The maximum atomic E-state index is 13.0. The Bertz CT molecular complexity index is 929. The van der Waals surface area contributed by atoms with Gasteiger partial charge in [0, 0.05) is 25.7 Å². The Morgan fingerprint density at radius 3 is 2.77 bits per heavy atom. The monoisotopic (exact) mass is 426 g/mol. The summed E-state index contributed by atoms with van der Waals surface area (Å²) in [4.78, 5) is 39.2. The number of para-hydroxylation sites is 1. The van der Waals surface area contributed by atoms with E-state index in [0.717, 1.165) is 25.7 Å². The van der Waals surface area contributed by atoms with Crippen LogP contribution >= 0.6 is 0 Å². The van der Waals surface area contributed by atoms with Crippen LogP contribution in [0, 0.1) is 5.92 Å². The van der Waals surface area contributed by atoms with Gasteiger partial charge in [0.05, 0.1) is 12.5 Å². The van der Waals surface area contributed by atoms with Gasteiger partial charge in [-0.15, -0.1) is 0 Å². The van der Waals surface area contributed by atoms with E-state index in [4.69, 9.17) is 4.74 Å². The first-order valence-corrected chi connectivity index (χ1v) is 10.9. The summed E-state index contributed by atoms with van der Waals surface area (Å²) in [5, 5.41) is 7.20. The number of rotatable bonds is 9. The molecule has 1 N–H and O–H groups in total. The van der Waals surface area contributed by atoms with E-state index in [0.29, 0.717) is 25.4 Å². The fourth-order valence-corrected chi connectivity index (χ4v) is 3.56. The molecule has 1 unspecified atom stereocenters. The van der Waals surface area contributed by atoms with E-state index in [2.05, 4.69) is 17.3 Å². The predicted molar refractivity (Wildman–Crippen MR) is 117 cm³/mol. The molecule has 1 fully saturated rings. The molecule has 1 aromatic heterocycles. The van der Waals surface area contributed by atoms with E-state index in [1.807, 2.05) is 30.3 Å². The van der Waals surface area contributed by atoms with E-state index in [1.54, 1.807) is 4.90 Å². The average molecular weight is 427 g/mol. The van der Waals surface area contributed by atoms with Crippen LogP contribution in [-0.2, 0) is 11.3 Å². The topological polar surface area (TPSA) is 93.5 Å². The van der Waals surface area contributed by atoms with Crippen molar-refractivity contribution >= 4 is 11.8 Å². The number of piperidine rings is 1. The normalized spacial score (nSPS) is 16.0. The zero-order valence-corrected chi connectivity index (χ0v) is 18.0. The number of unbranched alkanes of at least 4 members (excludes halogenated alkanes) is 1. The highest BCUT2D eigenvalue weighted by Crippen LogP contribution is 2.18. The van der Waals surface area contributed by atoms with E-state index in [-0.39, 0.29) is 42.1 Å². The molecule has 0 saturated carbocycles. The third-order valence-electron chi connectivity index (χ3n) is 5.31. The smallest absolute Gasteiger partial charge is 0.274 e. The molecule has 8 heteroatoms. The van der Waals surface area contributed by atoms with Gasteiger partial charge in [0.25, 0.3) is 11.5 Å². The molecule has 3 rings (SSSR count). The minimum Gasteiger partial charge on any atom is -0.492 e. The van der Waals surface area contributed by atoms with Crippen molar-refractivity contribution in [2.45, 2.75) is 39.2 Å². The fraction of sp³-hybridized carbons (Fsp3) is 0.478. The molecule has 8 nitrogen and oxygen atoms in total. The van der Waals surface area contributed by atoms with Crippen molar-refractivity contribution in [3.63, 3.8) is 0 Å². The lowest BCUT2D eigenvalue weighted by atomic mass is 9.96. The van der Waals surface area contributed by atoms with Gasteiger partial charge >= 0.3 is 0 Å². The zero-order valence-electron chi connectivity index (χ0n) is 18.0. The number of ether oxygens (including phenoxy) is 1. The van der Waals surface area contributed by atoms with Gasteiger partial charge in [-0.1, -0.05) is 31.5 Å². The number of nitrogens with one attached hydrogen (secondary N) is 1. The number of aromatic nitrogens is 2. The first-order valence-electron chi connectivity index (χ1n) is 10.9. The van der Waals surface area contributed by atoms with Gasteiger partial charge in [-0.3, -0.25) is 14.4 Å². The number of hydrogen-bond donors (Lipinski definition) is 1. The molecule has 2 heterocycles. The molecule has 1 atom stereocenters. The van der Waals surface area contributed by atoms with Crippen molar-refractivity contribution in [2.75, 3.05) is 26.2 Å². The van der Waals surface area contributed by atoms with Crippen LogP contribution in [0.1, 0.15) is 43.1 Å². The Labute approximate surface area is 182 Å². The maximum absolute atomic E-state index is 13.0. The van der Waals surface area contributed by atoms with Crippen LogP contribution in [0.4, 0.5) is 0 Å². The largest absolute Gasteiger partial charge is 0.492 e. The molecule has 0 bridgehead atoms. The second kappa shape index (κ2) is 11.3. The highest BCUT2D eigenvalue weighted by atomic mass is 16.5. The zero-order chi connectivity index (χ0) is 22.1. The summed E-state index contributed by atoms with van der Waals surface area (Å²) in [6.45, 7) is 4.19. The van der Waals surface area contributed by atoms with Crippen LogP contribution in [0.5, 0.6) is 5.75 Å². The maximum Gasteiger partial charge on any atom is 0.274 e. The van der Waals surface area contributed by atoms with Gasteiger partial charge in [0.2, 0.25) is 5.91 Å². The summed E-state index contributed by atoms with van der Waals surface area (Å²) >= 11 is 0. The number of carbonyl (C=O) groups excluding carboxylic acids is 2. The number of carbonyl (C=O) groups is 2. The SMILES string of the molecule is CCCCNC(=O)C1CCCN(C(=O)c2ccc(=O)n(CCOc3ccccc3)n2)C1. The first-order chi connectivity index (χ1) is 15.1.